The number of carbonyl (C=O) groups excluding carboxylic acids is 1. The number of ether oxygens (including phenoxy) is 1. The average molecular weight is 343 g/mol. The lowest BCUT2D eigenvalue weighted by Gasteiger charge is -2.16. The monoisotopic (exact) mass is 342 g/mol. The lowest BCUT2D eigenvalue weighted by atomic mass is 10.2. The van der Waals surface area contributed by atoms with Crippen LogP contribution in [0.3, 0.4) is 0 Å². The van der Waals surface area contributed by atoms with E-state index in [1.165, 1.54) is 29.4 Å². The molecule has 118 valence electrons. The molecule has 1 atom stereocenters. The molecule has 0 amide bonds. The molecule has 22 heavy (non-hydrogen) atoms. The van der Waals surface area contributed by atoms with E-state index in [2.05, 4.69) is 0 Å². The summed E-state index contributed by atoms with van der Waals surface area (Å²) in [4.78, 5) is 12.0. The summed E-state index contributed by atoms with van der Waals surface area (Å²) in [7, 11) is -3.64. The molecule has 1 saturated heterocycles. The number of sulfonamides is 1. The number of halogens is 1. The first-order chi connectivity index (χ1) is 10.4. The van der Waals surface area contributed by atoms with Crippen molar-refractivity contribution in [3.8, 4) is 6.07 Å². The van der Waals surface area contributed by atoms with Crippen molar-refractivity contribution in [1.82, 2.24) is 4.31 Å². The van der Waals surface area contributed by atoms with Gasteiger partial charge >= 0.3 is 5.97 Å². The molecule has 1 aliphatic heterocycles. The first-order valence-electron chi connectivity index (χ1n) is 6.76. The summed E-state index contributed by atoms with van der Waals surface area (Å²) in [5.41, 5.74) is -0.0657. The molecule has 8 heteroatoms. The van der Waals surface area contributed by atoms with Crippen molar-refractivity contribution < 1.29 is 17.9 Å². The minimum Gasteiger partial charge on any atom is -0.444 e. The molecule has 1 aromatic carbocycles. The van der Waals surface area contributed by atoms with Crippen LogP contribution in [0.5, 0.6) is 0 Å². The summed E-state index contributed by atoms with van der Waals surface area (Å²) in [6.45, 7) is 2.35. The summed E-state index contributed by atoms with van der Waals surface area (Å²) in [5, 5.41) is 8.74. The third kappa shape index (κ3) is 3.40. The SMILES string of the molecule is CC(C#N)OC(=O)c1cc(S(=O)(=O)N2CCCC2)ccc1Cl. The summed E-state index contributed by atoms with van der Waals surface area (Å²) in [6, 6.07) is 5.67. The van der Waals surface area contributed by atoms with Gasteiger partial charge in [0, 0.05) is 13.1 Å². The Morgan fingerprint density at radius 3 is 2.64 bits per heavy atom. The van der Waals surface area contributed by atoms with Crippen LogP contribution in [0.4, 0.5) is 0 Å². The van der Waals surface area contributed by atoms with E-state index in [1.54, 1.807) is 6.07 Å². The number of hydrogen-bond acceptors (Lipinski definition) is 5. The molecular formula is C14H15ClN2O4S. The maximum atomic E-state index is 12.5. The first kappa shape index (κ1) is 16.7. The molecule has 0 N–H and O–H groups in total. The van der Waals surface area contributed by atoms with Gasteiger partial charge in [-0.05, 0) is 38.0 Å². The van der Waals surface area contributed by atoms with Crippen molar-refractivity contribution in [3.05, 3.63) is 28.8 Å². The number of hydrogen-bond donors (Lipinski definition) is 0. The smallest absolute Gasteiger partial charge is 0.340 e. The van der Waals surface area contributed by atoms with Crippen LogP contribution in [0.2, 0.25) is 5.02 Å². The Kier molecular flexibility index (Phi) is 5.06. The van der Waals surface area contributed by atoms with Crippen molar-refractivity contribution >= 4 is 27.6 Å². The molecule has 0 aliphatic carbocycles. The predicted octanol–water partition coefficient (Wildman–Crippen LogP) is 2.19. The zero-order valence-electron chi connectivity index (χ0n) is 12.0. The van der Waals surface area contributed by atoms with Crippen molar-refractivity contribution in [2.75, 3.05) is 13.1 Å². The summed E-state index contributed by atoms with van der Waals surface area (Å²) in [5.74, 6) is -0.822. The molecule has 1 heterocycles. The van der Waals surface area contributed by atoms with Gasteiger partial charge in [0.25, 0.3) is 0 Å². The van der Waals surface area contributed by atoms with Gasteiger partial charge in [-0.1, -0.05) is 11.6 Å². The van der Waals surface area contributed by atoms with Crippen molar-refractivity contribution in [3.63, 3.8) is 0 Å². The second-order valence-electron chi connectivity index (χ2n) is 4.93. The highest BCUT2D eigenvalue weighted by Crippen LogP contribution is 2.26. The van der Waals surface area contributed by atoms with E-state index in [9.17, 15) is 13.2 Å². The van der Waals surface area contributed by atoms with Crippen LogP contribution < -0.4 is 0 Å². The highest BCUT2D eigenvalue weighted by atomic mass is 35.5. The number of carbonyl (C=O) groups is 1. The molecule has 1 aromatic rings. The van der Waals surface area contributed by atoms with Gasteiger partial charge in [0.2, 0.25) is 10.0 Å². The molecule has 0 spiro atoms. The van der Waals surface area contributed by atoms with E-state index in [0.717, 1.165) is 12.8 Å². The van der Waals surface area contributed by atoms with Crippen molar-refractivity contribution in [2.24, 2.45) is 0 Å². The van der Waals surface area contributed by atoms with Crippen LogP contribution in [0.25, 0.3) is 0 Å². The fourth-order valence-corrected chi connectivity index (χ4v) is 3.89. The van der Waals surface area contributed by atoms with E-state index < -0.39 is 22.1 Å². The highest BCUT2D eigenvalue weighted by molar-refractivity contribution is 7.89. The normalized spacial score (nSPS) is 17.0. The molecule has 1 fully saturated rings. The molecule has 0 aromatic heterocycles. The second kappa shape index (κ2) is 6.65. The second-order valence-corrected chi connectivity index (χ2v) is 7.27. The van der Waals surface area contributed by atoms with Crippen LogP contribution >= 0.6 is 11.6 Å². The van der Waals surface area contributed by atoms with Gasteiger partial charge < -0.3 is 4.74 Å². The standard InChI is InChI=1S/C14H15ClN2O4S/c1-10(9-16)21-14(18)12-8-11(4-5-13(12)15)22(19,20)17-6-2-3-7-17/h4-5,8,10H,2-3,6-7H2,1H3. The Hall–Kier alpha value is -1.62. The Morgan fingerprint density at radius 1 is 1.41 bits per heavy atom. The minimum absolute atomic E-state index is 0.00430. The van der Waals surface area contributed by atoms with E-state index in [1.807, 2.05) is 0 Å². The molecule has 1 aliphatic rings. The molecule has 2 rings (SSSR count). The topological polar surface area (TPSA) is 87.5 Å². The van der Waals surface area contributed by atoms with Gasteiger partial charge in [0.05, 0.1) is 15.5 Å². The van der Waals surface area contributed by atoms with E-state index in [0.29, 0.717) is 13.1 Å². The van der Waals surface area contributed by atoms with Crippen LogP contribution in [-0.2, 0) is 14.8 Å². The molecule has 1 unspecified atom stereocenters. The third-order valence-electron chi connectivity index (χ3n) is 3.33. The number of esters is 1. The van der Waals surface area contributed by atoms with Crippen molar-refractivity contribution in [2.45, 2.75) is 30.8 Å². The molecular weight excluding hydrogens is 328 g/mol. The van der Waals surface area contributed by atoms with E-state index in [-0.39, 0.29) is 15.5 Å². The summed E-state index contributed by atoms with van der Waals surface area (Å²) < 4.78 is 31.2. The van der Waals surface area contributed by atoms with Crippen LogP contribution in [-0.4, -0.2) is 37.9 Å². The lowest BCUT2D eigenvalue weighted by molar-refractivity contribution is 0.0435. The van der Waals surface area contributed by atoms with Gasteiger partial charge in [-0.3, -0.25) is 0 Å². The minimum atomic E-state index is -3.64. The van der Waals surface area contributed by atoms with Crippen LogP contribution in [0.15, 0.2) is 23.1 Å². The van der Waals surface area contributed by atoms with E-state index in [4.69, 9.17) is 21.6 Å². The molecule has 0 bridgehead atoms. The Balaban J connectivity index is 2.34. The fourth-order valence-electron chi connectivity index (χ4n) is 2.15. The molecule has 0 saturated carbocycles. The Morgan fingerprint density at radius 2 is 2.05 bits per heavy atom. The average Bonchev–Trinajstić information content (AvgIpc) is 3.02. The van der Waals surface area contributed by atoms with Gasteiger partial charge in [-0.2, -0.15) is 9.57 Å². The summed E-state index contributed by atoms with van der Waals surface area (Å²) >= 11 is 5.94. The van der Waals surface area contributed by atoms with E-state index >= 15 is 0 Å². The quantitative estimate of drug-likeness (QED) is 0.783. The van der Waals surface area contributed by atoms with Crippen LogP contribution in [0.1, 0.15) is 30.1 Å². The van der Waals surface area contributed by atoms with Gasteiger partial charge in [-0.15, -0.1) is 0 Å². The predicted molar refractivity (Wildman–Crippen MR) is 79.9 cm³/mol. The molecule has 0 radical (unpaired) electrons. The zero-order valence-corrected chi connectivity index (χ0v) is 13.5. The van der Waals surface area contributed by atoms with Crippen LogP contribution in [0, 0.1) is 11.3 Å². The molecule has 6 nitrogen and oxygen atoms in total. The zero-order chi connectivity index (χ0) is 16.3. The van der Waals surface area contributed by atoms with Gasteiger partial charge in [0.15, 0.2) is 6.10 Å². The Labute approximate surface area is 134 Å². The highest BCUT2D eigenvalue weighted by Gasteiger charge is 2.28. The maximum Gasteiger partial charge on any atom is 0.340 e. The maximum absolute atomic E-state index is 12.5. The number of benzene rings is 1. The number of nitriles is 1. The number of rotatable bonds is 4. The van der Waals surface area contributed by atoms with Crippen molar-refractivity contribution in [1.29, 1.82) is 5.26 Å². The third-order valence-corrected chi connectivity index (χ3v) is 5.55. The van der Waals surface area contributed by atoms with Gasteiger partial charge in [0.1, 0.15) is 6.07 Å². The lowest BCUT2D eigenvalue weighted by Crippen LogP contribution is -2.28. The largest absolute Gasteiger partial charge is 0.444 e. The Bertz CT molecular complexity index is 721. The first-order valence-corrected chi connectivity index (χ1v) is 8.58. The summed E-state index contributed by atoms with van der Waals surface area (Å²) in [6.07, 6.45) is 0.699. The number of nitrogens with zero attached hydrogens (tertiary/aromatic N) is 2. The fraction of sp³-hybridized carbons (Fsp3) is 0.429. The van der Waals surface area contributed by atoms with Gasteiger partial charge in [-0.25, -0.2) is 13.2 Å².